The number of benzene rings is 2. The van der Waals surface area contributed by atoms with Gasteiger partial charge in [0.15, 0.2) is 0 Å². The maximum Gasteiger partial charge on any atom is 0.393 e. The van der Waals surface area contributed by atoms with Gasteiger partial charge in [0.2, 0.25) is 0 Å². The largest absolute Gasteiger partial charge is 0.393 e. The molecule has 2 aromatic carbocycles. The third kappa shape index (κ3) is 2.29. The fourth-order valence-corrected chi connectivity index (χ4v) is 1.66. The molecule has 0 N–H and O–H groups in total. The predicted molar refractivity (Wildman–Crippen MR) is 53.7 cm³/mol. The molecule has 0 amide bonds. The van der Waals surface area contributed by atoms with Crippen molar-refractivity contribution in [2.45, 2.75) is 12.6 Å². The summed E-state index contributed by atoms with van der Waals surface area (Å²) in [5.41, 5.74) is 0.334. The highest BCUT2D eigenvalue weighted by Gasteiger charge is 2.28. The van der Waals surface area contributed by atoms with Gasteiger partial charge in [-0.25, -0.2) is 0 Å². The summed E-state index contributed by atoms with van der Waals surface area (Å²) >= 11 is 0. The molecule has 0 fully saturated rings. The highest BCUT2D eigenvalue weighted by Crippen LogP contribution is 2.26. The lowest BCUT2D eigenvalue weighted by Crippen LogP contribution is -2.11. The Hall–Kier alpha value is -1.51. The molecule has 0 aliphatic carbocycles. The van der Waals surface area contributed by atoms with E-state index < -0.39 is 12.6 Å². The highest BCUT2D eigenvalue weighted by molar-refractivity contribution is 5.85. The quantitative estimate of drug-likeness (QED) is 0.668. The average molecular weight is 210 g/mol. The summed E-state index contributed by atoms with van der Waals surface area (Å²) in [5, 5.41) is 1.52. The van der Waals surface area contributed by atoms with Gasteiger partial charge in [0, 0.05) is 0 Å². The molecule has 15 heavy (non-hydrogen) atoms. The van der Waals surface area contributed by atoms with E-state index in [9.17, 15) is 13.2 Å². The van der Waals surface area contributed by atoms with Crippen LogP contribution in [0.4, 0.5) is 13.2 Å². The first-order valence-electron chi connectivity index (χ1n) is 4.60. The lowest BCUT2D eigenvalue weighted by atomic mass is 10.0. The molecule has 0 atom stereocenters. The monoisotopic (exact) mass is 210 g/mol. The van der Waals surface area contributed by atoms with E-state index in [0.29, 0.717) is 10.9 Å². The van der Waals surface area contributed by atoms with Crippen molar-refractivity contribution in [3.63, 3.8) is 0 Å². The van der Waals surface area contributed by atoms with E-state index in [-0.39, 0.29) is 0 Å². The molecule has 0 saturated heterocycles. The van der Waals surface area contributed by atoms with Gasteiger partial charge in [-0.15, -0.1) is 0 Å². The molecule has 0 unspecified atom stereocenters. The molecule has 0 bridgehead atoms. The van der Waals surface area contributed by atoms with Crippen LogP contribution in [0.1, 0.15) is 5.56 Å². The number of rotatable bonds is 1. The molecule has 0 aliphatic heterocycles. The van der Waals surface area contributed by atoms with Crippen LogP contribution in [0.25, 0.3) is 10.8 Å². The van der Waals surface area contributed by atoms with Gasteiger partial charge in [0.25, 0.3) is 0 Å². The minimum Gasteiger partial charge on any atom is -0.171 e. The Morgan fingerprint density at radius 2 is 1.53 bits per heavy atom. The molecule has 2 aromatic rings. The van der Waals surface area contributed by atoms with Crippen molar-refractivity contribution in [2.75, 3.05) is 0 Å². The maximum atomic E-state index is 12.3. The Bertz CT molecular complexity index is 466. The van der Waals surface area contributed by atoms with Crippen molar-refractivity contribution >= 4 is 10.8 Å². The lowest BCUT2D eigenvalue weighted by molar-refractivity contribution is -0.126. The van der Waals surface area contributed by atoms with E-state index >= 15 is 0 Å². The summed E-state index contributed by atoms with van der Waals surface area (Å²) in [6, 6.07) is 12.1. The molecule has 0 spiro atoms. The van der Waals surface area contributed by atoms with Crippen LogP contribution in [0.15, 0.2) is 42.5 Å². The first-order valence-corrected chi connectivity index (χ1v) is 4.60. The summed E-state index contributed by atoms with van der Waals surface area (Å²) in [6.07, 6.45) is -5.02. The van der Waals surface area contributed by atoms with Crippen molar-refractivity contribution < 1.29 is 13.2 Å². The van der Waals surface area contributed by atoms with Gasteiger partial charge < -0.3 is 0 Å². The van der Waals surface area contributed by atoms with E-state index in [1.807, 2.05) is 18.2 Å². The van der Waals surface area contributed by atoms with Gasteiger partial charge in [-0.1, -0.05) is 42.5 Å². The predicted octanol–water partition coefficient (Wildman–Crippen LogP) is 3.94. The van der Waals surface area contributed by atoms with Crippen molar-refractivity contribution in [1.82, 2.24) is 0 Å². The van der Waals surface area contributed by atoms with Crippen LogP contribution in [0, 0.1) is 0 Å². The van der Waals surface area contributed by atoms with Gasteiger partial charge in [0.05, 0.1) is 6.42 Å². The van der Waals surface area contributed by atoms with Gasteiger partial charge in [-0.3, -0.25) is 0 Å². The normalized spacial score (nSPS) is 11.9. The van der Waals surface area contributed by atoms with Crippen LogP contribution in [0.5, 0.6) is 0 Å². The SMILES string of the molecule is FC(F)(F)Cc1cccc2ccccc12. The molecule has 0 nitrogen and oxygen atoms in total. The number of hydrogen-bond donors (Lipinski definition) is 0. The van der Waals surface area contributed by atoms with Gasteiger partial charge >= 0.3 is 6.18 Å². The molecule has 0 radical (unpaired) electrons. The summed E-state index contributed by atoms with van der Waals surface area (Å²) in [5.74, 6) is 0. The van der Waals surface area contributed by atoms with Gasteiger partial charge in [0.1, 0.15) is 0 Å². The zero-order chi connectivity index (χ0) is 10.9. The Kier molecular flexibility index (Phi) is 2.39. The van der Waals surface area contributed by atoms with Crippen molar-refractivity contribution in [3.8, 4) is 0 Å². The molecule has 2 rings (SSSR count). The van der Waals surface area contributed by atoms with Crippen LogP contribution < -0.4 is 0 Å². The first kappa shape index (κ1) is 10.0. The minimum atomic E-state index is -4.15. The second-order valence-electron chi connectivity index (χ2n) is 3.43. The minimum absolute atomic E-state index is 0.334. The van der Waals surface area contributed by atoms with Crippen molar-refractivity contribution in [3.05, 3.63) is 48.0 Å². The fraction of sp³-hybridized carbons (Fsp3) is 0.167. The summed E-state index contributed by atoms with van der Waals surface area (Å²) in [4.78, 5) is 0. The Morgan fingerprint density at radius 1 is 0.867 bits per heavy atom. The van der Waals surface area contributed by atoms with E-state index in [1.165, 1.54) is 6.07 Å². The first-order chi connectivity index (χ1) is 7.06. The van der Waals surface area contributed by atoms with Crippen LogP contribution >= 0.6 is 0 Å². The van der Waals surface area contributed by atoms with E-state index in [2.05, 4.69) is 0 Å². The molecule has 0 aliphatic rings. The Morgan fingerprint density at radius 3 is 2.27 bits per heavy atom. The molecule has 0 saturated carbocycles. The molecule has 0 aromatic heterocycles. The topological polar surface area (TPSA) is 0 Å². The number of alkyl halides is 3. The number of fused-ring (bicyclic) bond motifs is 1. The second kappa shape index (κ2) is 3.57. The molecule has 3 heteroatoms. The standard InChI is InChI=1S/C12H9F3/c13-12(14,15)8-10-6-3-5-9-4-1-2-7-11(9)10/h1-7H,8H2. The third-order valence-corrected chi connectivity index (χ3v) is 2.27. The summed E-state index contributed by atoms with van der Waals surface area (Å²) in [7, 11) is 0. The fourth-order valence-electron chi connectivity index (χ4n) is 1.66. The number of halogens is 3. The summed E-state index contributed by atoms with van der Waals surface area (Å²) in [6.45, 7) is 0. The van der Waals surface area contributed by atoms with Gasteiger partial charge in [-0.2, -0.15) is 13.2 Å². The zero-order valence-corrected chi connectivity index (χ0v) is 7.88. The Labute approximate surface area is 85.3 Å². The highest BCUT2D eigenvalue weighted by atomic mass is 19.4. The second-order valence-corrected chi connectivity index (χ2v) is 3.43. The molecule has 78 valence electrons. The van der Waals surface area contributed by atoms with E-state index in [4.69, 9.17) is 0 Å². The maximum absolute atomic E-state index is 12.3. The van der Waals surface area contributed by atoms with Gasteiger partial charge in [-0.05, 0) is 16.3 Å². The third-order valence-electron chi connectivity index (χ3n) is 2.27. The van der Waals surface area contributed by atoms with Crippen LogP contribution in [-0.2, 0) is 6.42 Å². The van der Waals surface area contributed by atoms with E-state index in [0.717, 1.165) is 5.39 Å². The molecular weight excluding hydrogens is 201 g/mol. The van der Waals surface area contributed by atoms with Crippen LogP contribution in [-0.4, -0.2) is 6.18 Å². The zero-order valence-electron chi connectivity index (χ0n) is 7.88. The van der Waals surface area contributed by atoms with Crippen molar-refractivity contribution in [2.24, 2.45) is 0 Å². The number of hydrogen-bond acceptors (Lipinski definition) is 0. The van der Waals surface area contributed by atoms with Crippen molar-refractivity contribution in [1.29, 1.82) is 0 Å². The average Bonchev–Trinajstić information content (AvgIpc) is 2.16. The molecule has 0 heterocycles. The lowest BCUT2D eigenvalue weighted by Gasteiger charge is -2.09. The van der Waals surface area contributed by atoms with Crippen LogP contribution in [0.2, 0.25) is 0 Å². The van der Waals surface area contributed by atoms with Crippen LogP contribution in [0.3, 0.4) is 0 Å². The van der Waals surface area contributed by atoms with E-state index in [1.54, 1.807) is 18.2 Å². The molecular formula is C12H9F3. The summed E-state index contributed by atoms with van der Waals surface area (Å²) < 4.78 is 36.8. The smallest absolute Gasteiger partial charge is 0.171 e. The Balaban J connectivity index is 2.52.